The first kappa shape index (κ1) is 99.1. The summed E-state index contributed by atoms with van der Waals surface area (Å²) >= 11 is 0. The third-order valence-corrected chi connectivity index (χ3v) is 28.4. The van der Waals surface area contributed by atoms with Gasteiger partial charge in [-0.3, -0.25) is 0 Å². The van der Waals surface area contributed by atoms with E-state index >= 15 is 0 Å². The molecule has 0 spiro atoms. The van der Waals surface area contributed by atoms with Crippen LogP contribution in [0.15, 0.2) is 68.1 Å². The molecule has 3 aromatic heterocycles. The topological polar surface area (TPSA) is 256 Å². The fourth-order valence-corrected chi connectivity index (χ4v) is 22.1. The standard InChI is InChI=1S/C80H108N12O8S4.5ClH.Fe/c1-21-89(22-2)41-37-81-101(93,94)77-53(13)45-49(9)69(57(77)17)73-61-29-31-63(85-61)74(70-50(10)46-54(14)78(58(70)18)102(95,96)82-38-42-90(23-3)24-4)65-33-35-67(87-65)76(72-52(12)48-56(16)80(60(72)20)104(99,100)84-40-44-92(27-7)28-8)68-36-34-66(88-68)75(64-32-30-62(73)86-64)71-51(11)47-55(15)79(59(71)19)103(97,98)83-39-43-91(25-5)26-6;;;;;;/h29-36,45-48,81-84H,21-28,37-44H2,1-20H3;5*1H;/q-2;;;;;;+3/p-1. The molecular formula is C80H112Cl5FeN12O8S4. The number of hydrogen-bond donors (Lipinski definition) is 8. The summed E-state index contributed by atoms with van der Waals surface area (Å²) < 4.78 is 132. The number of benzene rings is 4. The van der Waals surface area contributed by atoms with E-state index in [1.54, 1.807) is 0 Å². The van der Waals surface area contributed by atoms with Gasteiger partial charge in [0.15, 0.2) is 0 Å². The zero-order valence-electron chi connectivity index (χ0n) is 67.2. The quantitative estimate of drug-likeness (QED) is 0.0183. The molecule has 8 bridgehead atoms. The van der Waals surface area contributed by atoms with E-state index in [-0.39, 0.29) is 125 Å². The van der Waals surface area contributed by atoms with Gasteiger partial charge in [0, 0.05) is 5.56 Å². The minimum Gasteiger partial charge on any atom is -1.00 e. The number of rotatable bonds is 32. The molecule has 9 rings (SSSR count). The van der Waals surface area contributed by atoms with Gasteiger partial charge >= 0.3 is 17.1 Å². The average Bonchev–Trinajstić information content (AvgIpc) is 1.43. The van der Waals surface area contributed by atoms with Crippen molar-refractivity contribution in [3.8, 4) is 44.5 Å². The first-order valence-corrected chi connectivity index (χ1v) is 43.0. The number of hydrogen-bond acceptors (Lipinski definition) is 10. The van der Waals surface area contributed by atoms with E-state index in [9.17, 15) is 33.7 Å². The fourth-order valence-electron chi connectivity index (χ4n) is 16.1. The van der Waals surface area contributed by atoms with Crippen molar-refractivity contribution < 1.29 is 132 Å². The van der Waals surface area contributed by atoms with E-state index in [0.29, 0.717) is 160 Å². The van der Waals surface area contributed by atoms with Gasteiger partial charge in [-0.2, -0.15) is 0 Å². The van der Waals surface area contributed by atoms with Crippen LogP contribution in [-0.4, -0.2) is 148 Å². The fraction of sp³-hybridized carbons (Fsp3) is 0.450. The molecule has 8 N–H and O–H groups in total. The van der Waals surface area contributed by atoms with Crippen molar-refractivity contribution >= 4 is 86.5 Å². The molecule has 7 aromatic rings. The first-order valence-electron chi connectivity index (χ1n) is 37.0. The number of likely N-dealkylation sites (N-methyl/N-ethyl adjacent to an activating group) is 4. The first-order chi connectivity index (χ1) is 49.2. The van der Waals surface area contributed by atoms with E-state index in [0.717, 1.165) is 74.6 Å². The summed E-state index contributed by atoms with van der Waals surface area (Å²) in [5.74, 6) is 0. The van der Waals surface area contributed by atoms with Crippen LogP contribution in [0.5, 0.6) is 0 Å². The predicted molar refractivity (Wildman–Crippen MR) is 424 cm³/mol. The second kappa shape index (κ2) is 41.5. The largest absolute Gasteiger partial charge is 3.00 e. The van der Waals surface area contributed by atoms with Gasteiger partial charge in [0.2, 0.25) is 40.1 Å². The molecular weight excluding hydrogens is 1620 g/mol. The maximum Gasteiger partial charge on any atom is 3.00 e. The molecule has 0 saturated carbocycles. The van der Waals surface area contributed by atoms with E-state index in [1.807, 2.05) is 156 Å². The van der Waals surface area contributed by atoms with Gasteiger partial charge in [0.25, 0.3) is 0 Å². The van der Waals surface area contributed by atoms with E-state index in [4.69, 9.17) is 19.9 Å². The number of aryl methyl sites for hydroxylation is 8. The van der Waals surface area contributed by atoms with Gasteiger partial charge in [-0.25, -0.2) is 62.5 Å². The van der Waals surface area contributed by atoms with E-state index in [2.05, 4.69) is 74.3 Å². The Balaban J connectivity index is 0.00000523. The predicted octanol–water partition coefficient (Wildman–Crippen LogP) is -7.89. The monoisotopic (exact) mass is 1730 g/mol. The maximum absolute atomic E-state index is 15.0. The molecule has 5 heterocycles. The van der Waals surface area contributed by atoms with Crippen LogP contribution in [0, 0.1) is 83.1 Å². The van der Waals surface area contributed by atoms with Crippen LogP contribution in [-0.2, 0) is 57.2 Å². The number of sulfonamides is 4. The molecule has 0 aliphatic carbocycles. The number of quaternary nitrogens is 4. The van der Waals surface area contributed by atoms with Crippen molar-refractivity contribution in [1.82, 2.24) is 38.8 Å². The van der Waals surface area contributed by atoms with Crippen molar-refractivity contribution in [3.63, 3.8) is 0 Å². The normalized spacial score (nSPS) is 12.3. The van der Waals surface area contributed by atoms with Crippen molar-refractivity contribution in [1.29, 1.82) is 0 Å². The number of fused-ring (bicyclic) bond motifs is 8. The molecule has 20 nitrogen and oxygen atoms in total. The minimum atomic E-state index is -4.14. The summed E-state index contributed by atoms with van der Waals surface area (Å²) in [6, 6.07) is 15.1. The SMILES string of the molecule is CC[NH+](CC)CCNS(=O)(=O)c1c(C)cc(C)c(-c2c3nc(c(-c4c(C)cc(C)c(S(=O)(=O)NCC[NH+](CC)CC)c4C)c4ccc([n-]4)c(-c4c(C)cc(C)c(S(=O)(=O)NCC[NH+](CC)CC)c4C)c4ccc([n-]4)c(-c4c(C)cc(C)c(S(=O)(=O)NCC[NH+](CC)CC)c4C)c4nc2C=C4)C=C3)c1C.[Cl-].[Cl-].[Cl-].[Cl-].[Cl-].[Fe+3]. The number of halogens is 5. The van der Waals surface area contributed by atoms with Crippen molar-refractivity contribution in [2.24, 2.45) is 0 Å². The van der Waals surface area contributed by atoms with Crippen molar-refractivity contribution in [2.45, 2.75) is 158 Å². The zero-order chi connectivity index (χ0) is 76.2. The molecule has 2 aliphatic rings. The zero-order valence-corrected chi connectivity index (χ0v) is 75.3. The molecule has 0 atom stereocenters. The minimum absolute atomic E-state index is 0. The van der Waals surface area contributed by atoms with Gasteiger partial charge in [0.1, 0.15) is 0 Å². The molecule has 0 saturated heterocycles. The molecule has 2 aliphatic heterocycles. The Morgan fingerprint density at radius 2 is 0.482 bits per heavy atom. The van der Waals surface area contributed by atoms with E-state index in [1.165, 1.54) is 19.6 Å². The van der Waals surface area contributed by atoms with Crippen LogP contribution >= 0.6 is 0 Å². The molecule has 1 radical (unpaired) electrons. The van der Waals surface area contributed by atoms with Crippen LogP contribution in [0.25, 0.3) is 90.9 Å². The number of nitrogens with zero attached hydrogens (tertiary/aromatic N) is 4. The third kappa shape index (κ3) is 20.8. The molecule has 607 valence electrons. The summed E-state index contributed by atoms with van der Waals surface area (Å²) in [5.41, 5.74) is 14.9. The van der Waals surface area contributed by atoms with Crippen LogP contribution in [0.3, 0.4) is 0 Å². The van der Waals surface area contributed by atoms with Crippen LogP contribution in [0.4, 0.5) is 0 Å². The Kier molecular flexibility index (Phi) is 37.4. The van der Waals surface area contributed by atoms with Gasteiger partial charge in [-0.1, -0.05) is 48.5 Å². The average molecular weight is 1730 g/mol. The van der Waals surface area contributed by atoms with Crippen LogP contribution in [0.2, 0.25) is 0 Å². The number of nitrogens with one attached hydrogen (secondary N) is 8. The summed E-state index contributed by atoms with van der Waals surface area (Å²) in [7, 11) is -16.6. The van der Waals surface area contributed by atoms with E-state index < -0.39 is 40.1 Å². The second-order valence-electron chi connectivity index (χ2n) is 28.1. The van der Waals surface area contributed by atoms with Gasteiger partial charge in [-0.15, -0.1) is 22.1 Å². The Bertz CT molecular complexity index is 4990. The van der Waals surface area contributed by atoms with Gasteiger partial charge in [-0.05, 0) is 268 Å². The molecule has 30 heteroatoms. The smallest absolute Gasteiger partial charge is 1.00 e. The van der Waals surface area contributed by atoms with Gasteiger partial charge < -0.3 is 91.6 Å². The summed E-state index contributed by atoms with van der Waals surface area (Å²) in [4.78, 5) is 28.1. The van der Waals surface area contributed by atoms with Crippen molar-refractivity contribution in [2.75, 3.05) is 105 Å². The molecule has 4 aromatic carbocycles. The van der Waals surface area contributed by atoms with Crippen molar-refractivity contribution in [3.05, 3.63) is 138 Å². The summed E-state index contributed by atoms with van der Waals surface area (Å²) in [6.45, 7) is 48.9. The van der Waals surface area contributed by atoms with Gasteiger partial charge in [0.05, 0.1) is 147 Å². The Labute approximate surface area is 697 Å². The molecule has 0 amide bonds. The third-order valence-electron chi connectivity index (χ3n) is 21.4. The number of aromatic nitrogens is 4. The Morgan fingerprint density at radius 1 is 0.291 bits per heavy atom. The second-order valence-corrected chi connectivity index (χ2v) is 35.0. The van der Waals surface area contributed by atoms with Crippen LogP contribution in [0.1, 0.15) is 145 Å². The summed E-state index contributed by atoms with van der Waals surface area (Å²) in [5, 5.41) is 0. The Hall–Kier alpha value is -5.07. The van der Waals surface area contributed by atoms with Crippen LogP contribution < -0.4 is 110 Å². The Morgan fingerprint density at radius 3 is 0.700 bits per heavy atom. The molecule has 0 fully saturated rings. The molecule has 0 unspecified atom stereocenters. The molecule has 110 heavy (non-hydrogen) atoms. The maximum atomic E-state index is 15.0. The summed E-state index contributed by atoms with van der Waals surface area (Å²) in [6.07, 6.45) is 7.55.